The molecule has 2 nitrogen and oxygen atoms in total. The molecule has 0 fully saturated rings. The zero-order valence-electron chi connectivity index (χ0n) is 12.9. The Hall–Kier alpha value is -1.80. The molecule has 0 saturated heterocycles. The monoisotopic (exact) mass is 280 g/mol. The van der Waals surface area contributed by atoms with Crippen LogP contribution in [0, 0.1) is 0 Å². The first-order valence-corrected chi connectivity index (χ1v) is 7.90. The lowest BCUT2D eigenvalue weighted by Gasteiger charge is -2.21. The molecular weight excluding hydrogens is 256 g/mol. The van der Waals surface area contributed by atoms with Crippen molar-refractivity contribution in [3.63, 3.8) is 0 Å². The van der Waals surface area contributed by atoms with Crippen molar-refractivity contribution in [2.45, 2.75) is 45.2 Å². The summed E-state index contributed by atoms with van der Waals surface area (Å²) in [5.41, 5.74) is 12.3. The first kappa shape index (κ1) is 14.2. The number of rotatable bonds is 4. The summed E-state index contributed by atoms with van der Waals surface area (Å²) in [5, 5.41) is 3.77. The quantitative estimate of drug-likeness (QED) is 0.825. The maximum absolute atomic E-state index is 5.88. The van der Waals surface area contributed by atoms with Gasteiger partial charge < -0.3 is 11.1 Å². The molecule has 0 amide bonds. The Balaban J connectivity index is 1.72. The van der Waals surface area contributed by atoms with Crippen molar-refractivity contribution in [1.29, 1.82) is 0 Å². The minimum atomic E-state index is 0.365. The highest BCUT2D eigenvalue weighted by Gasteiger charge is 2.23. The molecule has 2 aromatic rings. The van der Waals surface area contributed by atoms with Crippen LogP contribution in [0.25, 0.3) is 0 Å². The van der Waals surface area contributed by atoms with Crippen LogP contribution in [-0.4, -0.2) is 0 Å². The summed E-state index contributed by atoms with van der Waals surface area (Å²) in [5.74, 6) is 0. The molecule has 21 heavy (non-hydrogen) atoms. The predicted octanol–water partition coefficient (Wildman–Crippen LogP) is 4.17. The number of benzene rings is 2. The Kier molecular flexibility index (Phi) is 3.98. The van der Waals surface area contributed by atoms with Crippen LogP contribution >= 0.6 is 0 Å². The summed E-state index contributed by atoms with van der Waals surface area (Å²) in [6, 6.07) is 16.1. The summed E-state index contributed by atoms with van der Waals surface area (Å²) >= 11 is 0. The Morgan fingerprint density at radius 1 is 1.19 bits per heavy atom. The Bertz CT molecular complexity index is 616. The molecule has 1 aliphatic carbocycles. The van der Waals surface area contributed by atoms with E-state index in [0.29, 0.717) is 12.1 Å². The zero-order chi connectivity index (χ0) is 14.8. The second-order valence-electron chi connectivity index (χ2n) is 6.03. The molecule has 0 aromatic heterocycles. The standard InChI is InChI=1S/C19H24N2/c1-3-14-4-6-15(7-5-14)13(2)21-19-11-8-16-12-17(20)9-10-18(16)19/h4-7,9-10,12-13,19,21H,3,8,11,20H2,1-2H3. The van der Waals surface area contributed by atoms with Crippen LogP contribution in [0.4, 0.5) is 5.69 Å². The molecule has 0 bridgehead atoms. The lowest BCUT2D eigenvalue weighted by molar-refractivity contribution is 0.465. The summed E-state index contributed by atoms with van der Waals surface area (Å²) in [6.45, 7) is 4.44. The topological polar surface area (TPSA) is 38.0 Å². The smallest absolute Gasteiger partial charge is 0.0331 e. The first-order chi connectivity index (χ1) is 10.2. The van der Waals surface area contributed by atoms with Gasteiger partial charge >= 0.3 is 0 Å². The molecule has 3 N–H and O–H groups in total. The minimum Gasteiger partial charge on any atom is -0.399 e. The van der Waals surface area contributed by atoms with Crippen molar-refractivity contribution in [2.75, 3.05) is 5.73 Å². The molecule has 2 aromatic carbocycles. The van der Waals surface area contributed by atoms with E-state index in [0.717, 1.165) is 24.9 Å². The average Bonchev–Trinajstić information content (AvgIpc) is 2.89. The van der Waals surface area contributed by atoms with Crippen molar-refractivity contribution >= 4 is 5.69 Å². The van der Waals surface area contributed by atoms with Crippen LogP contribution in [0.2, 0.25) is 0 Å². The van der Waals surface area contributed by atoms with E-state index >= 15 is 0 Å². The second kappa shape index (κ2) is 5.90. The molecular formula is C19H24N2. The first-order valence-electron chi connectivity index (χ1n) is 7.90. The molecule has 2 atom stereocenters. The van der Waals surface area contributed by atoms with Crippen molar-refractivity contribution in [3.8, 4) is 0 Å². The number of nitrogens with two attached hydrogens (primary N) is 1. The molecule has 0 saturated carbocycles. The van der Waals surface area contributed by atoms with E-state index in [1.165, 1.54) is 22.3 Å². The Labute approximate surface area is 127 Å². The number of nitrogens with one attached hydrogen (secondary N) is 1. The van der Waals surface area contributed by atoms with E-state index in [-0.39, 0.29) is 0 Å². The highest BCUT2D eigenvalue weighted by Crippen LogP contribution is 2.34. The lowest BCUT2D eigenvalue weighted by Crippen LogP contribution is -2.23. The average molecular weight is 280 g/mol. The van der Waals surface area contributed by atoms with Gasteiger partial charge in [-0.25, -0.2) is 0 Å². The number of fused-ring (bicyclic) bond motifs is 1. The van der Waals surface area contributed by atoms with Crippen molar-refractivity contribution in [1.82, 2.24) is 5.32 Å². The van der Waals surface area contributed by atoms with Gasteiger partial charge in [0.25, 0.3) is 0 Å². The molecule has 0 heterocycles. The molecule has 0 aliphatic heterocycles. The summed E-state index contributed by atoms with van der Waals surface area (Å²) in [7, 11) is 0. The van der Waals surface area contributed by atoms with Gasteiger partial charge in [-0.1, -0.05) is 37.3 Å². The molecule has 0 radical (unpaired) electrons. The van der Waals surface area contributed by atoms with Crippen molar-refractivity contribution in [3.05, 3.63) is 64.7 Å². The third kappa shape index (κ3) is 2.96. The van der Waals surface area contributed by atoms with Crippen LogP contribution in [0.1, 0.15) is 54.6 Å². The number of aryl methyl sites for hydroxylation is 2. The maximum atomic E-state index is 5.88. The van der Waals surface area contributed by atoms with Gasteiger partial charge in [0, 0.05) is 17.8 Å². The minimum absolute atomic E-state index is 0.365. The second-order valence-corrected chi connectivity index (χ2v) is 6.03. The van der Waals surface area contributed by atoms with Gasteiger partial charge in [0.05, 0.1) is 0 Å². The van der Waals surface area contributed by atoms with Crippen LogP contribution in [-0.2, 0) is 12.8 Å². The zero-order valence-corrected chi connectivity index (χ0v) is 12.9. The van der Waals surface area contributed by atoms with E-state index in [1.807, 2.05) is 6.07 Å². The molecule has 0 spiro atoms. The molecule has 3 rings (SSSR count). The van der Waals surface area contributed by atoms with Gasteiger partial charge in [0.2, 0.25) is 0 Å². The van der Waals surface area contributed by atoms with Gasteiger partial charge in [0.15, 0.2) is 0 Å². The summed E-state index contributed by atoms with van der Waals surface area (Å²) in [6.07, 6.45) is 3.38. The van der Waals surface area contributed by atoms with E-state index in [2.05, 4.69) is 55.6 Å². The van der Waals surface area contributed by atoms with Crippen LogP contribution in [0.5, 0.6) is 0 Å². The van der Waals surface area contributed by atoms with Gasteiger partial charge in [-0.2, -0.15) is 0 Å². The van der Waals surface area contributed by atoms with Gasteiger partial charge in [0.1, 0.15) is 0 Å². The van der Waals surface area contributed by atoms with E-state index in [1.54, 1.807) is 0 Å². The van der Waals surface area contributed by atoms with Gasteiger partial charge in [-0.3, -0.25) is 0 Å². The molecule has 110 valence electrons. The Morgan fingerprint density at radius 2 is 1.95 bits per heavy atom. The van der Waals surface area contributed by atoms with Gasteiger partial charge in [-0.15, -0.1) is 0 Å². The fourth-order valence-electron chi connectivity index (χ4n) is 3.25. The van der Waals surface area contributed by atoms with Crippen LogP contribution in [0.15, 0.2) is 42.5 Å². The summed E-state index contributed by atoms with van der Waals surface area (Å²) in [4.78, 5) is 0. The molecule has 2 heteroatoms. The van der Waals surface area contributed by atoms with Gasteiger partial charge in [-0.05, 0) is 60.6 Å². The van der Waals surface area contributed by atoms with Crippen LogP contribution < -0.4 is 11.1 Å². The predicted molar refractivity (Wildman–Crippen MR) is 89.3 cm³/mol. The third-order valence-corrected chi connectivity index (χ3v) is 4.58. The number of anilines is 1. The maximum Gasteiger partial charge on any atom is 0.0331 e. The fraction of sp³-hybridized carbons (Fsp3) is 0.368. The highest BCUT2D eigenvalue weighted by molar-refractivity contribution is 5.47. The highest BCUT2D eigenvalue weighted by atomic mass is 14.9. The summed E-state index contributed by atoms with van der Waals surface area (Å²) < 4.78 is 0. The molecule has 1 aliphatic rings. The number of nitrogen functional groups attached to an aromatic ring is 1. The molecule has 2 unspecified atom stereocenters. The van der Waals surface area contributed by atoms with E-state index in [4.69, 9.17) is 5.73 Å². The van der Waals surface area contributed by atoms with Crippen LogP contribution in [0.3, 0.4) is 0 Å². The van der Waals surface area contributed by atoms with Crippen molar-refractivity contribution in [2.24, 2.45) is 0 Å². The van der Waals surface area contributed by atoms with E-state index in [9.17, 15) is 0 Å². The van der Waals surface area contributed by atoms with E-state index < -0.39 is 0 Å². The fourth-order valence-corrected chi connectivity index (χ4v) is 3.25. The SMILES string of the molecule is CCc1ccc(C(C)NC2CCc3cc(N)ccc32)cc1. The largest absolute Gasteiger partial charge is 0.399 e. The lowest BCUT2D eigenvalue weighted by atomic mass is 10.0. The normalized spacial score (nSPS) is 18.5. The third-order valence-electron chi connectivity index (χ3n) is 4.58. The number of hydrogen-bond acceptors (Lipinski definition) is 2. The Morgan fingerprint density at radius 3 is 2.67 bits per heavy atom. The number of hydrogen-bond donors (Lipinski definition) is 2. The van der Waals surface area contributed by atoms with Crippen molar-refractivity contribution < 1.29 is 0 Å².